The predicted molar refractivity (Wildman–Crippen MR) is 74.4 cm³/mol. The summed E-state index contributed by atoms with van der Waals surface area (Å²) >= 11 is 0. The molecule has 0 atom stereocenters. The lowest BCUT2D eigenvalue weighted by molar-refractivity contribution is -0.189. The summed E-state index contributed by atoms with van der Waals surface area (Å²) in [6.45, 7) is 0.807. The highest BCUT2D eigenvalue weighted by molar-refractivity contribution is 5.64. The maximum Gasteiger partial charge on any atom is 0.194 e. The Balaban J connectivity index is 1.82. The van der Waals surface area contributed by atoms with Crippen LogP contribution in [0.25, 0.3) is 11.1 Å². The summed E-state index contributed by atoms with van der Waals surface area (Å²) in [7, 11) is 0. The van der Waals surface area contributed by atoms with E-state index in [0.717, 1.165) is 17.7 Å². The molecule has 1 fully saturated rings. The molecule has 3 rings (SSSR count). The average molecular weight is 309 g/mol. The molecule has 1 aliphatic rings. The lowest BCUT2D eigenvalue weighted by Crippen LogP contribution is -2.37. The minimum Gasteiger partial charge on any atom is -0.347 e. The zero-order valence-electron chi connectivity index (χ0n) is 11.6. The second-order valence-corrected chi connectivity index (χ2v) is 5.13. The minimum atomic E-state index is -1.47. The molecule has 0 saturated carbocycles. The van der Waals surface area contributed by atoms with Crippen LogP contribution in [0.15, 0.2) is 36.4 Å². The van der Waals surface area contributed by atoms with Crippen LogP contribution in [-0.4, -0.2) is 19.3 Å². The molecule has 3 nitrogen and oxygen atoms in total. The van der Waals surface area contributed by atoms with E-state index in [1.165, 1.54) is 0 Å². The first kappa shape index (κ1) is 15.0. The number of nitrogens with two attached hydrogens (primary N) is 1. The first-order valence-corrected chi connectivity index (χ1v) is 6.78. The van der Waals surface area contributed by atoms with E-state index < -0.39 is 23.7 Å². The molecule has 2 N–H and O–H groups in total. The van der Waals surface area contributed by atoms with Crippen molar-refractivity contribution in [3.8, 4) is 11.1 Å². The van der Waals surface area contributed by atoms with E-state index in [0.29, 0.717) is 18.8 Å². The van der Waals surface area contributed by atoms with E-state index in [1.807, 2.05) is 0 Å². The largest absolute Gasteiger partial charge is 0.347 e. The fraction of sp³-hybridized carbons (Fsp3) is 0.250. The molecule has 1 saturated heterocycles. The molecule has 6 heteroatoms. The van der Waals surface area contributed by atoms with Crippen molar-refractivity contribution in [3.63, 3.8) is 0 Å². The fourth-order valence-electron chi connectivity index (χ4n) is 2.27. The summed E-state index contributed by atoms with van der Waals surface area (Å²) in [5, 5.41) is 0. The second kappa shape index (κ2) is 6.08. The van der Waals surface area contributed by atoms with Crippen LogP contribution in [0.2, 0.25) is 0 Å². The molecule has 1 aliphatic heterocycles. The Morgan fingerprint density at radius 2 is 1.41 bits per heavy atom. The van der Waals surface area contributed by atoms with Gasteiger partial charge in [-0.25, -0.2) is 13.2 Å². The molecule has 0 bridgehead atoms. The van der Waals surface area contributed by atoms with Gasteiger partial charge in [-0.3, -0.25) is 0 Å². The van der Waals surface area contributed by atoms with Crippen molar-refractivity contribution in [2.75, 3.05) is 13.2 Å². The van der Waals surface area contributed by atoms with Gasteiger partial charge < -0.3 is 15.2 Å². The Labute approximate surface area is 125 Å². The van der Waals surface area contributed by atoms with Crippen LogP contribution in [-0.2, 0) is 9.47 Å². The number of rotatable bonds is 2. The highest BCUT2D eigenvalue weighted by Gasteiger charge is 2.21. The Hall–Kier alpha value is -1.89. The molecule has 2 aromatic carbocycles. The van der Waals surface area contributed by atoms with Gasteiger partial charge >= 0.3 is 0 Å². The van der Waals surface area contributed by atoms with Crippen LogP contribution in [0.1, 0.15) is 11.9 Å². The van der Waals surface area contributed by atoms with Gasteiger partial charge in [-0.05, 0) is 23.3 Å². The maximum atomic E-state index is 13.3. The highest BCUT2D eigenvalue weighted by Crippen LogP contribution is 2.27. The third kappa shape index (κ3) is 2.99. The quantitative estimate of drug-likeness (QED) is 0.867. The summed E-state index contributed by atoms with van der Waals surface area (Å²) in [6, 6.07) is 8.58. The second-order valence-electron chi connectivity index (χ2n) is 5.13. The number of halogens is 3. The van der Waals surface area contributed by atoms with Gasteiger partial charge in [0.05, 0.1) is 19.3 Å². The molecule has 2 aromatic rings. The van der Waals surface area contributed by atoms with Crippen LogP contribution < -0.4 is 5.73 Å². The van der Waals surface area contributed by atoms with E-state index in [4.69, 9.17) is 15.2 Å². The van der Waals surface area contributed by atoms with Crippen molar-refractivity contribution in [1.82, 2.24) is 0 Å². The lowest BCUT2D eigenvalue weighted by atomic mass is 10.0. The Morgan fingerprint density at radius 3 is 1.95 bits per heavy atom. The standard InChI is InChI=1S/C16H14F3NO2/c17-13-5-11(6-14(18)15(13)19)9-1-3-10(4-2-9)16-21-7-12(20)8-22-16/h1-6,12,16H,7-8,20H2. The topological polar surface area (TPSA) is 44.5 Å². The summed E-state index contributed by atoms with van der Waals surface area (Å²) < 4.78 is 50.4. The van der Waals surface area contributed by atoms with Crippen molar-refractivity contribution in [3.05, 3.63) is 59.4 Å². The Morgan fingerprint density at radius 1 is 0.864 bits per heavy atom. The van der Waals surface area contributed by atoms with Crippen molar-refractivity contribution in [2.45, 2.75) is 12.3 Å². The summed E-state index contributed by atoms with van der Waals surface area (Å²) in [4.78, 5) is 0. The lowest BCUT2D eigenvalue weighted by Gasteiger charge is -2.27. The van der Waals surface area contributed by atoms with Gasteiger partial charge in [-0.2, -0.15) is 0 Å². The van der Waals surface area contributed by atoms with Crippen molar-refractivity contribution < 1.29 is 22.6 Å². The smallest absolute Gasteiger partial charge is 0.194 e. The predicted octanol–water partition coefficient (Wildman–Crippen LogP) is 3.14. The normalized spacial score (nSPS) is 21.8. The van der Waals surface area contributed by atoms with E-state index in [-0.39, 0.29) is 11.6 Å². The third-order valence-corrected chi connectivity index (χ3v) is 3.42. The van der Waals surface area contributed by atoms with Crippen LogP contribution in [0.4, 0.5) is 13.2 Å². The van der Waals surface area contributed by atoms with Crippen LogP contribution in [0, 0.1) is 17.5 Å². The molecule has 22 heavy (non-hydrogen) atoms. The molecule has 0 spiro atoms. The fourth-order valence-corrected chi connectivity index (χ4v) is 2.27. The van der Waals surface area contributed by atoms with Gasteiger partial charge in [0.15, 0.2) is 23.7 Å². The van der Waals surface area contributed by atoms with Gasteiger partial charge in [-0.1, -0.05) is 24.3 Å². The van der Waals surface area contributed by atoms with Crippen molar-refractivity contribution >= 4 is 0 Å². The van der Waals surface area contributed by atoms with Gasteiger partial charge in [0, 0.05) is 5.56 Å². The van der Waals surface area contributed by atoms with Gasteiger partial charge in [0.25, 0.3) is 0 Å². The number of ether oxygens (including phenoxy) is 2. The molecule has 0 aromatic heterocycles. The first-order chi connectivity index (χ1) is 10.5. The summed E-state index contributed by atoms with van der Waals surface area (Å²) in [5.41, 5.74) is 7.26. The number of benzene rings is 2. The Kier molecular flexibility index (Phi) is 4.15. The average Bonchev–Trinajstić information content (AvgIpc) is 2.53. The van der Waals surface area contributed by atoms with E-state index in [9.17, 15) is 13.2 Å². The van der Waals surface area contributed by atoms with E-state index in [2.05, 4.69) is 0 Å². The van der Waals surface area contributed by atoms with E-state index in [1.54, 1.807) is 24.3 Å². The monoisotopic (exact) mass is 309 g/mol. The molecule has 0 radical (unpaired) electrons. The maximum absolute atomic E-state index is 13.3. The van der Waals surface area contributed by atoms with Crippen molar-refractivity contribution in [2.24, 2.45) is 5.73 Å². The number of hydrogen-bond acceptors (Lipinski definition) is 3. The molecule has 0 unspecified atom stereocenters. The van der Waals surface area contributed by atoms with Gasteiger partial charge in [0.2, 0.25) is 0 Å². The summed E-state index contributed by atoms with van der Waals surface area (Å²) in [5.74, 6) is -3.90. The van der Waals surface area contributed by atoms with Gasteiger partial charge in [0.1, 0.15) is 0 Å². The SMILES string of the molecule is NC1COC(c2ccc(-c3cc(F)c(F)c(F)c3)cc2)OC1. The first-order valence-electron chi connectivity index (χ1n) is 6.78. The van der Waals surface area contributed by atoms with Gasteiger partial charge in [-0.15, -0.1) is 0 Å². The molecule has 1 heterocycles. The minimum absolute atomic E-state index is 0.138. The zero-order chi connectivity index (χ0) is 15.7. The zero-order valence-corrected chi connectivity index (χ0v) is 11.6. The molecule has 116 valence electrons. The van der Waals surface area contributed by atoms with Crippen molar-refractivity contribution in [1.29, 1.82) is 0 Å². The highest BCUT2D eigenvalue weighted by atomic mass is 19.2. The van der Waals surface area contributed by atoms with Crippen LogP contribution >= 0.6 is 0 Å². The molecular weight excluding hydrogens is 295 g/mol. The van der Waals surface area contributed by atoms with Crippen LogP contribution in [0.5, 0.6) is 0 Å². The molecule has 0 amide bonds. The van der Waals surface area contributed by atoms with E-state index >= 15 is 0 Å². The Bertz CT molecular complexity index is 645. The van der Waals surface area contributed by atoms with Crippen LogP contribution in [0.3, 0.4) is 0 Å². The molecule has 0 aliphatic carbocycles. The third-order valence-electron chi connectivity index (χ3n) is 3.42. The number of hydrogen-bond donors (Lipinski definition) is 1. The molecular formula is C16H14F3NO2. The summed E-state index contributed by atoms with van der Waals surface area (Å²) in [6.07, 6.45) is -0.504.